The summed E-state index contributed by atoms with van der Waals surface area (Å²) in [6.45, 7) is 9.96. The van der Waals surface area contributed by atoms with Gasteiger partial charge in [0.15, 0.2) is 0 Å². The van der Waals surface area contributed by atoms with Gasteiger partial charge in [0, 0.05) is 12.6 Å². The highest BCUT2D eigenvalue weighted by atomic mass is 14.9. The maximum absolute atomic E-state index is 3.63. The lowest BCUT2D eigenvalue weighted by molar-refractivity contribution is 0.394. The molecule has 0 heterocycles. The molecule has 1 saturated carbocycles. The van der Waals surface area contributed by atoms with E-state index in [4.69, 9.17) is 0 Å². The van der Waals surface area contributed by atoms with Crippen LogP contribution in [0.15, 0.2) is 23.8 Å². The Labute approximate surface area is 130 Å². The Bertz CT molecular complexity index is 479. The third-order valence-electron chi connectivity index (χ3n) is 4.83. The molecule has 21 heavy (non-hydrogen) atoms. The lowest BCUT2D eigenvalue weighted by Crippen LogP contribution is -2.28. The Hall–Kier alpha value is -1.08. The van der Waals surface area contributed by atoms with Crippen LogP contribution in [-0.2, 0) is 0 Å². The number of rotatable bonds is 5. The van der Waals surface area contributed by atoms with Crippen LogP contribution in [0, 0.1) is 19.8 Å². The van der Waals surface area contributed by atoms with Gasteiger partial charge in [0.1, 0.15) is 0 Å². The van der Waals surface area contributed by atoms with E-state index < -0.39 is 0 Å². The van der Waals surface area contributed by atoms with Gasteiger partial charge in [-0.2, -0.15) is 0 Å². The third kappa shape index (κ3) is 4.71. The quantitative estimate of drug-likeness (QED) is 0.777. The Morgan fingerprint density at radius 1 is 1.19 bits per heavy atom. The van der Waals surface area contributed by atoms with Crippen molar-refractivity contribution in [2.45, 2.75) is 65.8 Å². The van der Waals surface area contributed by atoms with Gasteiger partial charge in [0.05, 0.1) is 0 Å². The molecule has 0 aliphatic heterocycles. The van der Waals surface area contributed by atoms with Crippen molar-refractivity contribution in [3.05, 3.63) is 40.5 Å². The van der Waals surface area contributed by atoms with Gasteiger partial charge in [-0.1, -0.05) is 63.0 Å². The lowest BCUT2D eigenvalue weighted by atomic mass is 9.82. The molecule has 0 amide bonds. The van der Waals surface area contributed by atoms with Gasteiger partial charge < -0.3 is 5.32 Å². The molecule has 0 unspecified atom stereocenters. The molecule has 2 rings (SSSR count). The van der Waals surface area contributed by atoms with Gasteiger partial charge in [0.2, 0.25) is 0 Å². The van der Waals surface area contributed by atoms with Gasteiger partial charge >= 0.3 is 0 Å². The fourth-order valence-electron chi connectivity index (χ4n) is 3.24. The molecular formula is C20H31N. The van der Waals surface area contributed by atoms with Crippen LogP contribution in [0.1, 0.15) is 62.6 Å². The highest BCUT2D eigenvalue weighted by Crippen LogP contribution is 2.31. The van der Waals surface area contributed by atoms with E-state index in [2.05, 4.69) is 57.3 Å². The predicted molar refractivity (Wildman–Crippen MR) is 93.6 cm³/mol. The van der Waals surface area contributed by atoms with Crippen molar-refractivity contribution in [2.75, 3.05) is 6.54 Å². The zero-order chi connectivity index (χ0) is 15.2. The molecule has 1 fully saturated rings. The Morgan fingerprint density at radius 3 is 2.57 bits per heavy atom. The van der Waals surface area contributed by atoms with Crippen molar-refractivity contribution in [2.24, 2.45) is 5.92 Å². The molecule has 0 aromatic heterocycles. The number of hydrogen-bond acceptors (Lipinski definition) is 1. The number of aryl methyl sites for hydroxylation is 1. The summed E-state index contributed by atoms with van der Waals surface area (Å²) in [5.41, 5.74) is 5.83. The van der Waals surface area contributed by atoms with Gasteiger partial charge in [-0.15, -0.1) is 0 Å². The van der Waals surface area contributed by atoms with Crippen LogP contribution >= 0.6 is 0 Å². The smallest absolute Gasteiger partial charge is 0.0173 e. The number of benzene rings is 1. The SMILES string of the molecule is Cc1cccc(/C=C(/CNC(C)C)C2CCCCC2)c1C. The average molecular weight is 285 g/mol. The van der Waals surface area contributed by atoms with Crippen LogP contribution < -0.4 is 5.32 Å². The molecule has 1 nitrogen and oxygen atoms in total. The minimum Gasteiger partial charge on any atom is -0.311 e. The van der Waals surface area contributed by atoms with E-state index in [1.54, 1.807) is 5.57 Å². The van der Waals surface area contributed by atoms with Gasteiger partial charge in [-0.3, -0.25) is 0 Å². The van der Waals surface area contributed by atoms with Crippen LogP contribution in [0.5, 0.6) is 0 Å². The van der Waals surface area contributed by atoms with Crippen LogP contribution in [0.4, 0.5) is 0 Å². The molecule has 1 aliphatic carbocycles. The summed E-state index contributed by atoms with van der Waals surface area (Å²) in [4.78, 5) is 0. The van der Waals surface area contributed by atoms with Crippen molar-refractivity contribution in [3.8, 4) is 0 Å². The van der Waals surface area contributed by atoms with E-state index in [0.29, 0.717) is 6.04 Å². The maximum atomic E-state index is 3.63. The Kier molecular flexibility index (Phi) is 6.05. The molecule has 0 bridgehead atoms. The second kappa shape index (κ2) is 7.79. The van der Waals surface area contributed by atoms with E-state index >= 15 is 0 Å². The normalized spacial score (nSPS) is 17.5. The molecule has 0 spiro atoms. The molecule has 116 valence electrons. The summed E-state index contributed by atoms with van der Waals surface area (Å²) < 4.78 is 0. The molecular weight excluding hydrogens is 254 g/mol. The van der Waals surface area contributed by atoms with Crippen molar-refractivity contribution in [1.29, 1.82) is 0 Å². The van der Waals surface area contributed by atoms with Crippen molar-refractivity contribution < 1.29 is 0 Å². The molecule has 1 aliphatic rings. The first kappa shape index (κ1) is 16.3. The van der Waals surface area contributed by atoms with Crippen molar-refractivity contribution in [1.82, 2.24) is 5.32 Å². The highest BCUT2D eigenvalue weighted by molar-refractivity contribution is 5.59. The molecule has 0 atom stereocenters. The molecule has 1 N–H and O–H groups in total. The molecule has 1 aromatic carbocycles. The van der Waals surface area contributed by atoms with Crippen LogP contribution in [0.3, 0.4) is 0 Å². The largest absolute Gasteiger partial charge is 0.311 e. The van der Waals surface area contributed by atoms with E-state index in [0.717, 1.165) is 12.5 Å². The molecule has 1 aromatic rings. The first-order chi connectivity index (χ1) is 10.1. The van der Waals surface area contributed by atoms with E-state index in [9.17, 15) is 0 Å². The van der Waals surface area contributed by atoms with Gasteiger partial charge in [-0.25, -0.2) is 0 Å². The van der Waals surface area contributed by atoms with Gasteiger partial charge in [0.25, 0.3) is 0 Å². The van der Waals surface area contributed by atoms with Crippen molar-refractivity contribution in [3.63, 3.8) is 0 Å². The first-order valence-electron chi connectivity index (χ1n) is 8.58. The zero-order valence-corrected chi connectivity index (χ0v) is 14.2. The van der Waals surface area contributed by atoms with E-state index in [1.807, 2.05) is 0 Å². The summed E-state index contributed by atoms with van der Waals surface area (Å²) in [7, 11) is 0. The maximum Gasteiger partial charge on any atom is 0.0173 e. The minimum absolute atomic E-state index is 0.551. The summed E-state index contributed by atoms with van der Waals surface area (Å²) in [5.74, 6) is 0.782. The second-order valence-electron chi connectivity index (χ2n) is 6.88. The fraction of sp³-hybridized carbons (Fsp3) is 0.600. The van der Waals surface area contributed by atoms with Crippen molar-refractivity contribution >= 4 is 6.08 Å². The summed E-state index contributed by atoms with van der Waals surface area (Å²) >= 11 is 0. The predicted octanol–water partition coefficient (Wildman–Crippen LogP) is 5.27. The summed E-state index contributed by atoms with van der Waals surface area (Å²) in [6.07, 6.45) is 9.43. The first-order valence-corrected chi connectivity index (χ1v) is 8.58. The highest BCUT2D eigenvalue weighted by Gasteiger charge is 2.18. The second-order valence-corrected chi connectivity index (χ2v) is 6.88. The summed E-state index contributed by atoms with van der Waals surface area (Å²) in [6, 6.07) is 7.21. The average Bonchev–Trinajstić information content (AvgIpc) is 2.48. The summed E-state index contributed by atoms with van der Waals surface area (Å²) in [5, 5.41) is 3.63. The monoisotopic (exact) mass is 285 g/mol. The molecule has 1 heteroatoms. The zero-order valence-electron chi connectivity index (χ0n) is 14.2. The molecule has 0 radical (unpaired) electrons. The van der Waals surface area contributed by atoms with Crippen LogP contribution in [-0.4, -0.2) is 12.6 Å². The standard InChI is InChI=1S/C20H31N/c1-15(2)21-14-20(18-10-6-5-7-11-18)13-19-12-8-9-16(3)17(19)4/h8-9,12-13,15,18,21H,5-7,10-11,14H2,1-4H3/b20-13-. The van der Waals surface area contributed by atoms with Crippen LogP contribution in [0.25, 0.3) is 6.08 Å². The Balaban J connectivity index is 2.24. The topological polar surface area (TPSA) is 12.0 Å². The molecule has 0 saturated heterocycles. The number of hydrogen-bond donors (Lipinski definition) is 1. The number of nitrogens with one attached hydrogen (secondary N) is 1. The van der Waals surface area contributed by atoms with E-state index in [1.165, 1.54) is 48.8 Å². The Morgan fingerprint density at radius 2 is 1.90 bits per heavy atom. The van der Waals surface area contributed by atoms with Crippen LogP contribution in [0.2, 0.25) is 0 Å². The lowest BCUT2D eigenvalue weighted by Gasteiger charge is -2.26. The fourth-order valence-corrected chi connectivity index (χ4v) is 3.24. The van der Waals surface area contributed by atoms with Gasteiger partial charge in [-0.05, 0) is 49.3 Å². The minimum atomic E-state index is 0.551. The third-order valence-corrected chi connectivity index (χ3v) is 4.83. The van der Waals surface area contributed by atoms with E-state index in [-0.39, 0.29) is 0 Å².